The molecule has 1 aliphatic heterocycles. The number of nitrogens with one attached hydrogen (secondary N) is 1. The SMILES string of the molecule is Cc1cccc(OCCN(C)C(=O)NC(C)CN2CCCCC2)c1. The van der Waals surface area contributed by atoms with Gasteiger partial charge in [0.1, 0.15) is 12.4 Å². The Hall–Kier alpha value is -1.75. The average Bonchev–Trinajstić information content (AvgIpc) is 2.55. The highest BCUT2D eigenvalue weighted by atomic mass is 16.5. The van der Waals surface area contributed by atoms with Gasteiger partial charge in [-0.25, -0.2) is 4.79 Å². The second-order valence-corrected chi connectivity index (χ2v) is 6.80. The second kappa shape index (κ2) is 9.52. The monoisotopic (exact) mass is 333 g/mol. The zero-order chi connectivity index (χ0) is 17.4. The van der Waals surface area contributed by atoms with Crippen LogP contribution in [0.3, 0.4) is 0 Å². The topological polar surface area (TPSA) is 44.8 Å². The molecular formula is C19H31N3O2. The highest BCUT2D eigenvalue weighted by Gasteiger charge is 2.16. The molecule has 1 aromatic rings. The van der Waals surface area contributed by atoms with Crippen molar-refractivity contribution in [3.05, 3.63) is 29.8 Å². The van der Waals surface area contributed by atoms with Gasteiger partial charge in [0, 0.05) is 19.6 Å². The zero-order valence-electron chi connectivity index (χ0n) is 15.3. The molecule has 0 saturated carbocycles. The number of hydrogen-bond donors (Lipinski definition) is 1. The third kappa shape index (κ3) is 6.40. The molecule has 0 spiro atoms. The lowest BCUT2D eigenvalue weighted by Gasteiger charge is -2.30. The second-order valence-electron chi connectivity index (χ2n) is 6.80. The van der Waals surface area contributed by atoms with Gasteiger partial charge in [-0.2, -0.15) is 0 Å². The normalized spacial score (nSPS) is 16.5. The predicted octanol–water partition coefficient (Wildman–Crippen LogP) is 2.89. The van der Waals surface area contributed by atoms with E-state index in [4.69, 9.17) is 4.74 Å². The number of carbonyl (C=O) groups is 1. The third-order valence-electron chi connectivity index (χ3n) is 4.38. The summed E-state index contributed by atoms with van der Waals surface area (Å²) in [5.74, 6) is 0.849. The Kier molecular flexibility index (Phi) is 7.37. The summed E-state index contributed by atoms with van der Waals surface area (Å²) in [5, 5.41) is 3.07. The lowest BCUT2D eigenvalue weighted by Crippen LogP contribution is -2.48. The summed E-state index contributed by atoms with van der Waals surface area (Å²) in [5.41, 5.74) is 1.17. The van der Waals surface area contributed by atoms with Gasteiger partial charge in [-0.3, -0.25) is 0 Å². The lowest BCUT2D eigenvalue weighted by atomic mass is 10.1. The van der Waals surface area contributed by atoms with Gasteiger partial charge < -0.3 is 19.9 Å². The van der Waals surface area contributed by atoms with E-state index in [-0.39, 0.29) is 12.1 Å². The van der Waals surface area contributed by atoms with Crippen LogP contribution in [0.5, 0.6) is 5.75 Å². The van der Waals surface area contributed by atoms with Gasteiger partial charge >= 0.3 is 6.03 Å². The van der Waals surface area contributed by atoms with Crippen molar-refractivity contribution in [1.29, 1.82) is 0 Å². The van der Waals surface area contributed by atoms with Crippen molar-refractivity contribution in [3.8, 4) is 5.75 Å². The lowest BCUT2D eigenvalue weighted by molar-refractivity contribution is 0.180. The van der Waals surface area contributed by atoms with Crippen LogP contribution in [-0.4, -0.2) is 61.7 Å². The molecule has 1 aliphatic rings. The van der Waals surface area contributed by atoms with Crippen LogP contribution in [0, 0.1) is 6.92 Å². The van der Waals surface area contributed by atoms with Crippen LogP contribution < -0.4 is 10.1 Å². The molecule has 1 saturated heterocycles. The molecule has 5 heteroatoms. The van der Waals surface area contributed by atoms with Crippen LogP contribution in [0.2, 0.25) is 0 Å². The zero-order valence-corrected chi connectivity index (χ0v) is 15.3. The Morgan fingerprint density at radius 3 is 2.79 bits per heavy atom. The molecule has 134 valence electrons. The molecule has 0 aliphatic carbocycles. The summed E-state index contributed by atoms with van der Waals surface area (Å²) < 4.78 is 5.70. The summed E-state index contributed by atoms with van der Waals surface area (Å²) in [4.78, 5) is 16.4. The maximum atomic E-state index is 12.2. The highest BCUT2D eigenvalue weighted by molar-refractivity contribution is 5.74. The Balaban J connectivity index is 1.65. The van der Waals surface area contributed by atoms with E-state index in [2.05, 4.69) is 17.1 Å². The Bertz CT molecular complexity index is 515. The van der Waals surface area contributed by atoms with Crippen molar-refractivity contribution in [2.24, 2.45) is 0 Å². The summed E-state index contributed by atoms with van der Waals surface area (Å²) in [6, 6.07) is 8.08. The molecule has 1 heterocycles. The molecule has 1 fully saturated rings. The molecule has 24 heavy (non-hydrogen) atoms. The fraction of sp³-hybridized carbons (Fsp3) is 0.632. The number of carbonyl (C=O) groups excluding carboxylic acids is 1. The largest absolute Gasteiger partial charge is 0.492 e. The standard InChI is InChI=1S/C19H31N3O2/c1-16-8-7-9-18(14-16)24-13-12-21(3)19(23)20-17(2)15-22-10-5-4-6-11-22/h7-9,14,17H,4-6,10-13,15H2,1-3H3,(H,20,23). The van der Waals surface area contributed by atoms with Crippen molar-refractivity contribution < 1.29 is 9.53 Å². The van der Waals surface area contributed by atoms with Gasteiger partial charge in [-0.15, -0.1) is 0 Å². The minimum Gasteiger partial charge on any atom is -0.492 e. The summed E-state index contributed by atoms with van der Waals surface area (Å²) in [6.07, 6.45) is 3.88. The van der Waals surface area contributed by atoms with Crippen molar-refractivity contribution in [3.63, 3.8) is 0 Å². The van der Waals surface area contributed by atoms with E-state index in [9.17, 15) is 4.79 Å². The minimum absolute atomic E-state index is 0.0349. The van der Waals surface area contributed by atoms with Crippen LogP contribution in [0.15, 0.2) is 24.3 Å². The summed E-state index contributed by atoms with van der Waals surface area (Å²) >= 11 is 0. The van der Waals surface area contributed by atoms with E-state index in [1.165, 1.54) is 24.8 Å². The molecule has 1 aromatic carbocycles. The van der Waals surface area contributed by atoms with Crippen molar-refractivity contribution in [2.75, 3.05) is 39.8 Å². The van der Waals surface area contributed by atoms with E-state index in [1.807, 2.05) is 38.2 Å². The number of urea groups is 1. The molecule has 0 radical (unpaired) electrons. The van der Waals surface area contributed by atoms with Crippen LogP contribution in [0.25, 0.3) is 0 Å². The first-order valence-electron chi connectivity index (χ1n) is 8.98. The van der Waals surface area contributed by atoms with Gasteiger partial charge in [-0.1, -0.05) is 18.6 Å². The molecule has 2 rings (SSSR count). The van der Waals surface area contributed by atoms with Crippen molar-refractivity contribution in [1.82, 2.24) is 15.1 Å². The number of aryl methyl sites for hydroxylation is 1. The molecule has 0 bridgehead atoms. The van der Waals surface area contributed by atoms with Crippen LogP contribution in [0.4, 0.5) is 4.79 Å². The highest BCUT2D eigenvalue weighted by Crippen LogP contribution is 2.12. The van der Waals surface area contributed by atoms with Crippen molar-refractivity contribution >= 4 is 6.03 Å². The Morgan fingerprint density at radius 2 is 2.08 bits per heavy atom. The molecular weight excluding hydrogens is 302 g/mol. The summed E-state index contributed by atoms with van der Waals surface area (Å²) in [7, 11) is 1.81. The molecule has 1 atom stereocenters. The molecule has 1 unspecified atom stereocenters. The number of piperidine rings is 1. The third-order valence-corrected chi connectivity index (χ3v) is 4.38. The van der Waals surface area contributed by atoms with Gasteiger partial charge in [0.25, 0.3) is 0 Å². The van der Waals surface area contributed by atoms with E-state index in [0.29, 0.717) is 13.2 Å². The van der Waals surface area contributed by atoms with Crippen LogP contribution >= 0.6 is 0 Å². The number of likely N-dealkylation sites (N-methyl/N-ethyl adjacent to an activating group) is 1. The van der Waals surface area contributed by atoms with Crippen LogP contribution in [-0.2, 0) is 0 Å². The predicted molar refractivity (Wildman–Crippen MR) is 97.6 cm³/mol. The first kappa shape index (κ1) is 18.6. The molecule has 5 nitrogen and oxygen atoms in total. The average molecular weight is 333 g/mol. The number of hydrogen-bond acceptors (Lipinski definition) is 3. The number of nitrogens with zero attached hydrogens (tertiary/aromatic N) is 2. The number of likely N-dealkylation sites (tertiary alicyclic amines) is 1. The molecule has 0 aromatic heterocycles. The maximum absolute atomic E-state index is 12.2. The summed E-state index contributed by atoms with van der Waals surface area (Å²) in [6.45, 7) is 8.41. The van der Waals surface area contributed by atoms with Crippen LogP contribution in [0.1, 0.15) is 31.7 Å². The Morgan fingerprint density at radius 1 is 1.33 bits per heavy atom. The maximum Gasteiger partial charge on any atom is 0.317 e. The number of amides is 2. The Labute approximate surface area is 146 Å². The number of ether oxygens (including phenoxy) is 1. The van der Waals surface area contributed by atoms with Gasteiger partial charge in [-0.05, 0) is 57.5 Å². The van der Waals surface area contributed by atoms with E-state index in [1.54, 1.807) is 4.90 Å². The van der Waals surface area contributed by atoms with E-state index >= 15 is 0 Å². The van der Waals surface area contributed by atoms with Crippen molar-refractivity contribution in [2.45, 2.75) is 39.2 Å². The number of rotatable bonds is 7. The smallest absolute Gasteiger partial charge is 0.317 e. The van der Waals surface area contributed by atoms with E-state index < -0.39 is 0 Å². The fourth-order valence-corrected chi connectivity index (χ4v) is 3.00. The van der Waals surface area contributed by atoms with E-state index in [0.717, 1.165) is 25.4 Å². The minimum atomic E-state index is -0.0349. The van der Waals surface area contributed by atoms with Gasteiger partial charge in [0.15, 0.2) is 0 Å². The van der Waals surface area contributed by atoms with Gasteiger partial charge in [0.05, 0.1) is 6.54 Å². The fourth-order valence-electron chi connectivity index (χ4n) is 3.00. The first-order chi connectivity index (χ1) is 11.5. The number of benzene rings is 1. The molecule has 1 N–H and O–H groups in total. The first-order valence-corrected chi connectivity index (χ1v) is 8.98. The molecule has 2 amide bonds. The van der Waals surface area contributed by atoms with Gasteiger partial charge in [0.2, 0.25) is 0 Å². The quantitative estimate of drug-likeness (QED) is 0.834.